The maximum Gasteiger partial charge on any atom is 0.233 e. The fraction of sp³-hybridized carbons (Fsp3) is 0.389. The van der Waals surface area contributed by atoms with Crippen molar-refractivity contribution in [3.63, 3.8) is 0 Å². The second-order valence-corrected chi connectivity index (χ2v) is 7.40. The fourth-order valence-corrected chi connectivity index (χ4v) is 3.99. The van der Waals surface area contributed by atoms with Crippen LogP contribution in [0.15, 0.2) is 29.6 Å². The molecule has 1 aliphatic rings. The number of rotatable bonds is 5. The number of halogens is 1. The van der Waals surface area contributed by atoms with E-state index in [1.165, 1.54) is 11.3 Å². The summed E-state index contributed by atoms with van der Waals surface area (Å²) in [6, 6.07) is 7.57. The van der Waals surface area contributed by atoms with Gasteiger partial charge in [0.05, 0.1) is 23.7 Å². The Balaban J connectivity index is 1.55. The van der Waals surface area contributed by atoms with Gasteiger partial charge in [-0.25, -0.2) is 4.98 Å². The molecule has 0 radical (unpaired) electrons. The molecule has 2 aromatic rings. The minimum Gasteiger partial charge on any atom is -0.358 e. The number of nitrogens with one attached hydrogen (secondary N) is 1. The van der Waals surface area contributed by atoms with Crippen molar-refractivity contribution in [3.05, 3.63) is 40.4 Å². The second kappa shape index (κ2) is 8.62. The van der Waals surface area contributed by atoms with E-state index >= 15 is 0 Å². The quantitative estimate of drug-likeness (QED) is 0.844. The van der Waals surface area contributed by atoms with Crippen molar-refractivity contribution in [2.45, 2.75) is 6.42 Å². The molecular weight excluding hydrogens is 372 g/mol. The van der Waals surface area contributed by atoms with Crippen molar-refractivity contribution in [1.29, 1.82) is 0 Å². The molecule has 0 unspecified atom stereocenters. The molecule has 6 nitrogen and oxygen atoms in total. The Morgan fingerprint density at radius 3 is 2.65 bits per heavy atom. The van der Waals surface area contributed by atoms with Gasteiger partial charge in [0.2, 0.25) is 11.8 Å². The molecule has 8 heteroatoms. The lowest BCUT2D eigenvalue weighted by atomic mass is 10.2. The second-order valence-electron chi connectivity index (χ2n) is 6.13. The Morgan fingerprint density at radius 2 is 1.96 bits per heavy atom. The Kier molecular flexibility index (Phi) is 6.24. The highest BCUT2D eigenvalue weighted by Gasteiger charge is 2.23. The van der Waals surface area contributed by atoms with E-state index in [1.807, 2.05) is 34.5 Å². The van der Waals surface area contributed by atoms with Crippen LogP contribution < -0.4 is 5.32 Å². The third kappa shape index (κ3) is 4.60. The first kappa shape index (κ1) is 18.8. The largest absolute Gasteiger partial charge is 0.358 e. The molecule has 1 aromatic carbocycles. The smallest absolute Gasteiger partial charge is 0.233 e. The number of hydrogen-bond donors (Lipinski definition) is 1. The van der Waals surface area contributed by atoms with Gasteiger partial charge in [-0.05, 0) is 6.07 Å². The number of carbonyl (C=O) groups is 2. The highest BCUT2D eigenvalue weighted by atomic mass is 35.5. The predicted molar refractivity (Wildman–Crippen MR) is 103 cm³/mol. The Labute approximate surface area is 161 Å². The molecule has 1 aliphatic heterocycles. The molecule has 1 saturated heterocycles. The zero-order valence-corrected chi connectivity index (χ0v) is 16.1. The van der Waals surface area contributed by atoms with Gasteiger partial charge in [-0.15, -0.1) is 11.3 Å². The molecule has 138 valence electrons. The van der Waals surface area contributed by atoms with Crippen LogP contribution in [-0.2, 0) is 16.0 Å². The zero-order valence-electron chi connectivity index (χ0n) is 14.6. The predicted octanol–water partition coefficient (Wildman–Crippen LogP) is 1.90. The normalized spacial score (nSPS) is 15.1. The number of hydrogen-bond acceptors (Lipinski definition) is 5. The number of thiazole rings is 1. The van der Waals surface area contributed by atoms with Crippen molar-refractivity contribution < 1.29 is 9.59 Å². The lowest BCUT2D eigenvalue weighted by Crippen LogP contribution is -2.51. The number of amides is 2. The van der Waals surface area contributed by atoms with Gasteiger partial charge >= 0.3 is 0 Å². The van der Waals surface area contributed by atoms with Gasteiger partial charge in [0.15, 0.2) is 0 Å². The Hall–Kier alpha value is -1.96. The molecule has 3 rings (SSSR count). The van der Waals surface area contributed by atoms with Crippen LogP contribution in [0, 0.1) is 0 Å². The highest BCUT2D eigenvalue weighted by Crippen LogP contribution is 2.30. The first-order chi connectivity index (χ1) is 12.6. The van der Waals surface area contributed by atoms with Crippen LogP contribution >= 0.6 is 22.9 Å². The average Bonchev–Trinajstić information content (AvgIpc) is 3.10. The topological polar surface area (TPSA) is 65.5 Å². The molecule has 0 atom stereocenters. The van der Waals surface area contributed by atoms with E-state index < -0.39 is 0 Å². The molecular formula is C18H21ClN4O2S. The van der Waals surface area contributed by atoms with E-state index in [0.29, 0.717) is 37.7 Å². The highest BCUT2D eigenvalue weighted by molar-refractivity contribution is 7.13. The summed E-state index contributed by atoms with van der Waals surface area (Å²) in [5.41, 5.74) is 1.66. The van der Waals surface area contributed by atoms with E-state index in [9.17, 15) is 9.59 Å². The van der Waals surface area contributed by atoms with Crippen LogP contribution in [0.25, 0.3) is 10.6 Å². The first-order valence-electron chi connectivity index (χ1n) is 8.47. The molecule has 0 aliphatic carbocycles. The van der Waals surface area contributed by atoms with E-state index in [1.54, 1.807) is 7.05 Å². The van der Waals surface area contributed by atoms with Gasteiger partial charge in [0.1, 0.15) is 5.01 Å². The van der Waals surface area contributed by atoms with Crippen molar-refractivity contribution in [2.75, 3.05) is 39.8 Å². The van der Waals surface area contributed by atoms with Crippen LogP contribution in [0.5, 0.6) is 0 Å². The summed E-state index contributed by atoms with van der Waals surface area (Å²) in [6.45, 7) is 3.07. The van der Waals surface area contributed by atoms with Crippen LogP contribution in [0.1, 0.15) is 5.69 Å². The number of aromatic nitrogens is 1. The van der Waals surface area contributed by atoms with Crippen LogP contribution in [0.3, 0.4) is 0 Å². The van der Waals surface area contributed by atoms with E-state index in [2.05, 4.69) is 15.2 Å². The van der Waals surface area contributed by atoms with E-state index in [4.69, 9.17) is 11.6 Å². The molecule has 1 fully saturated rings. The lowest BCUT2D eigenvalue weighted by Gasteiger charge is -2.34. The molecule has 1 aromatic heterocycles. The summed E-state index contributed by atoms with van der Waals surface area (Å²) in [7, 11) is 1.63. The number of likely N-dealkylation sites (N-methyl/N-ethyl adjacent to an activating group) is 1. The standard InChI is InChI=1S/C18H21ClN4O2S/c1-20-16(24)11-22-6-8-23(9-7-22)17(25)10-13-12-26-18(21-13)14-4-2-3-5-15(14)19/h2-5,12H,6-11H2,1H3,(H,20,24). The summed E-state index contributed by atoms with van der Waals surface area (Å²) in [6.07, 6.45) is 0.288. The summed E-state index contributed by atoms with van der Waals surface area (Å²) in [5, 5.41) is 6.02. The molecule has 1 N–H and O–H groups in total. The SMILES string of the molecule is CNC(=O)CN1CCN(C(=O)Cc2csc(-c3ccccc3Cl)n2)CC1. The lowest BCUT2D eigenvalue weighted by molar-refractivity contribution is -0.132. The third-order valence-corrected chi connectivity index (χ3v) is 5.61. The van der Waals surface area contributed by atoms with Crippen molar-refractivity contribution in [1.82, 2.24) is 20.1 Å². The molecule has 2 heterocycles. The number of carbonyl (C=O) groups excluding carboxylic acids is 2. The third-order valence-electron chi connectivity index (χ3n) is 4.36. The summed E-state index contributed by atoms with van der Waals surface area (Å²) in [5.74, 6) is 0.0694. The summed E-state index contributed by atoms with van der Waals surface area (Å²) >= 11 is 7.71. The minimum atomic E-state index is -0.000600. The van der Waals surface area contributed by atoms with Crippen LogP contribution in [-0.4, -0.2) is 66.4 Å². The number of nitrogens with zero attached hydrogens (tertiary/aromatic N) is 3. The van der Waals surface area contributed by atoms with Crippen LogP contribution in [0.4, 0.5) is 0 Å². The molecule has 26 heavy (non-hydrogen) atoms. The van der Waals surface area contributed by atoms with Crippen molar-refractivity contribution in [3.8, 4) is 10.6 Å². The van der Waals surface area contributed by atoms with Gasteiger partial charge in [0, 0.05) is 44.2 Å². The molecule has 0 spiro atoms. The molecule has 2 amide bonds. The fourth-order valence-electron chi connectivity index (χ4n) is 2.85. The molecule has 0 saturated carbocycles. The van der Waals surface area contributed by atoms with Gasteiger partial charge in [0.25, 0.3) is 0 Å². The van der Waals surface area contributed by atoms with Gasteiger partial charge in [-0.1, -0.05) is 29.8 Å². The van der Waals surface area contributed by atoms with Gasteiger partial charge < -0.3 is 10.2 Å². The molecule has 0 bridgehead atoms. The van der Waals surface area contributed by atoms with E-state index in [-0.39, 0.29) is 18.2 Å². The van der Waals surface area contributed by atoms with Crippen molar-refractivity contribution >= 4 is 34.8 Å². The van der Waals surface area contributed by atoms with Crippen molar-refractivity contribution in [2.24, 2.45) is 0 Å². The first-order valence-corrected chi connectivity index (χ1v) is 9.72. The van der Waals surface area contributed by atoms with Gasteiger partial charge in [-0.2, -0.15) is 0 Å². The number of benzene rings is 1. The van der Waals surface area contributed by atoms with Crippen LogP contribution in [0.2, 0.25) is 5.02 Å². The minimum absolute atomic E-state index is 0.000600. The maximum atomic E-state index is 12.5. The Bertz CT molecular complexity index is 787. The van der Waals surface area contributed by atoms with Gasteiger partial charge in [-0.3, -0.25) is 14.5 Å². The zero-order chi connectivity index (χ0) is 18.5. The number of piperazine rings is 1. The average molecular weight is 393 g/mol. The maximum absolute atomic E-state index is 12.5. The monoisotopic (exact) mass is 392 g/mol. The Morgan fingerprint density at radius 1 is 1.23 bits per heavy atom. The summed E-state index contributed by atoms with van der Waals surface area (Å²) < 4.78 is 0. The summed E-state index contributed by atoms with van der Waals surface area (Å²) in [4.78, 5) is 32.4. The van der Waals surface area contributed by atoms with E-state index in [0.717, 1.165) is 16.3 Å².